The van der Waals surface area contributed by atoms with E-state index in [-0.39, 0.29) is 11.6 Å². The normalized spacial score (nSPS) is 14.5. The third kappa shape index (κ3) is 4.76. The number of methoxy groups -OCH3 is 2. The summed E-state index contributed by atoms with van der Waals surface area (Å²) >= 11 is 1.40. The smallest absolute Gasteiger partial charge is 0.280 e. The minimum absolute atomic E-state index is 0.230. The second-order valence-corrected chi connectivity index (χ2v) is 7.98. The lowest BCUT2D eigenvalue weighted by Crippen LogP contribution is -2.39. The molecule has 0 aliphatic carbocycles. The monoisotopic (exact) mass is 443 g/mol. The summed E-state index contributed by atoms with van der Waals surface area (Å²) in [6.45, 7) is 4.71. The van der Waals surface area contributed by atoms with Crippen molar-refractivity contribution in [3.8, 4) is 11.5 Å². The van der Waals surface area contributed by atoms with Gasteiger partial charge in [-0.3, -0.25) is 19.6 Å². The average molecular weight is 444 g/mol. The van der Waals surface area contributed by atoms with Crippen molar-refractivity contribution < 1.29 is 19.0 Å². The molecule has 0 radical (unpaired) electrons. The van der Waals surface area contributed by atoms with Crippen LogP contribution in [0.5, 0.6) is 11.5 Å². The van der Waals surface area contributed by atoms with Crippen LogP contribution in [0.3, 0.4) is 0 Å². The molecule has 3 aromatic rings. The highest BCUT2D eigenvalue weighted by molar-refractivity contribution is 7.22. The molecular formula is C21H25N5O4S. The third-order valence-electron chi connectivity index (χ3n) is 5.12. The van der Waals surface area contributed by atoms with Gasteiger partial charge in [-0.2, -0.15) is 0 Å². The maximum absolute atomic E-state index is 13.3. The van der Waals surface area contributed by atoms with Gasteiger partial charge in [-0.25, -0.2) is 9.97 Å². The van der Waals surface area contributed by atoms with E-state index in [2.05, 4.69) is 14.9 Å². The van der Waals surface area contributed by atoms with Gasteiger partial charge in [-0.15, -0.1) is 0 Å². The minimum Gasteiger partial charge on any atom is -0.495 e. The van der Waals surface area contributed by atoms with Crippen LogP contribution in [0.15, 0.2) is 30.7 Å². The predicted octanol–water partition coefficient (Wildman–Crippen LogP) is 2.47. The third-order valence-corrected chi connectivity index (χ3v) is 6.21. The van der Waals surface area contributed by atoms with Crippen LogP contribution in [-0.2, 0) is 4.74 Å². The lowest BCUT2D eigenvalue weighted by molar-refractivity contribution is 0.0376. The number of nitrogens with zero attached hydrogens (tertiary/aromatic N) is 5. The number of thiazole rings is 1. The van der Waals surface area contributed by atoms with Crippen LogP contribution < -0.4 is 14.4 Å². The Morgan fingerprint density at radius 1 is 1.19 bits per heavy atom. The molecule has 1 aliphatic rings. The molecule has 9 nitrogen and oxygen atoms in total. The highest BCUT2D eigenvalue weighted by Gasteiger charge is 2.25. The van der Waals surface area contributed by atoms with E-state index in [1.807, 2.05) is 12.1 Å². The second kappa shape index (κ2) is 9.99. The Morgan fingerprint density at radius 2 is 1.97 bits per heavy atom. The summed E-state index contributed by atoms with van der Waals surface area (Å²) in [5.74, 6) is 1.10. The number of morpholine rings is 1. The van der Waals surface area contributed by atoms with E-state index in [1.165, 1.54) is 23.7 Å². The van der Waals surface area contributed by atoms with Gasteiger partial charge >= 0.3 is 0 Å². The van der Waals surface area contributed by atoms with Gasteiger partial charge in [-0.05, 0) is 18.6 Å². The lowest BCUT2D eigenvalue weighted by atomic mass is 10.3. The zero-order valence-electron chi connectivity index (χ0n) is 17.6. The second-order valence-electron chi connectivity index (χ2n) is 7.00. The molecule has 1 fully saturated rings. The molecule has 10 heteroatoms. The summed E-state index contributed by atoms with van der Waals surface area (Å²) in [6, 6.07) is 3.66. The summed E-state index contributed by atoms with van der Waals surface area (Å²) in [4.78, 5) is 30.3. The van der Waals surface area contributed by atoms with Crippen LogP contribution in [0, 0.1) is 0 Å². The van der Waals surface area contributed by atoms with E-state index in [9.17, 15) is 4.79 Å². The number of ether oxygens (including phenoxy) is 3. The van der Waals surface area contributed by atoms with Gasteiger partial charge < -0.3 is 14.2 Å². The molecule has 1 aliphatic heterocycles. The lowest BCUT2D eigenvalue weighted by Gasteiger charge is -2.27. The Labute approximate surface area is 184 Å². The van der Waals surface area contributed by atoms with Crippen molar-refractivity contribution in [3.63, 3.8) is 0 Å². The van der Waals surface area contributed by atoms with Crippen LogP contribution in [0.25, 0.3) is 10.2 Å². The average Bonchev–Trinajstić information content (AvgIpc) is 3.27. The number of anilines is 1. The largest absolute Gasteiger partial charge is 0.495 e. The zero-order chi connectivity index (χ0) is 21.6. The molecule has 1 aromatic carbocycles. The molecule has 2 aromatic heterocycles. The van der Waals surface area contributed by atoms with Crippen LogP contribution in [0.4, 0.5) is 5.13 Å². The quantitative estimate of drug-likeness (QED) is 0.525. The van der Waals surface area contributed by atoms with Crippen molar-refractivity contribution in [1.29, 1.82) is 0 Å². The number of fused-ring (bicyclic) bond motifs is 1. The molecule has 0 saturated carbocycles. The number of carbonyl (C=O) groups excluding carboxylic acids is 1. The van der Waals surface area contributed by atoms with E-state index >= 15 is 0 Å². The first-order chi connectivity index (χ1) is 15.2. The molecule has 4 rings (SSSR count). The van der Waals surface area contributed by atoms with Crippen molar-refractivity contribution in [3.05, 3.63) is 36.4 Å². The Kier molecular flexibility index (Phi) is 6.90. The molecule has 1 amide bonds. The van der Waals surface area contributed by atoms with E-state index in [0.717, 1.165) is 44.0 Å². The number of hydrogen-bond acceptors (Lipinski definition) is 9. The number of benzene rings is 1. The maximum atomic E-state index is 13.3. The Hall–Kier alpha value is -2.82. The first-order valence-corrected chi connectivity index (χ1v) is 10.9. The molecule has 31 heavy (non-hydrogen) atoms. The molecule has 0 N–H and O–H groups in total. The maximum Gasteiger partial charge on any atom is 0.280 e. The SMILES string of the molecule is COc1ccc(OC)c2sc(N(CCCN3CCOCC3)C(=O)c3cnccn3)nc12. The first kappa shape index (κ1) is 21.4. The summed E-state index contributed by atoms with van der Waals surface area (Å²) < 4.78 is 17.2. The highest BCUT2D eigenvalue weighted by atomic mass is 32.1. The topological polar surface area (TPSA) is 89.9 Å². The molecule has 3 heterocycles. The fourth-order valence-corrected chi connectivity index (χ4v) is 4.60. The minimum atomic E-state index is -0.230. The van der Waals surface area contributed by atoms with Gasteiger partial charge in [0.2, 0.25) is 0 Å². The van der Waals surface area contributed by atoms with Gasteiger partial charge in [0.05, 0.1) is 33.6 Å². The first-order valence-electron chi connectivity index (χ1n) is 10.1. The molecule has 1 saturated heterocycles. The van der Waals surface area contributed by atoms with Gasteiger partial charge in [-0.1, -0.05) is 11.3 Å². The molecule has 0 atom stereocenters. The number of carbonyl (C=O) groups is 1. The number of hydrogen-bond donors (Lipinski definition) is 0. The van der Waals surface area contributed by atoms with E-state index < -0.39 is 0 Å². The zero-order valence-corrected chi connectivity index (χ0v) is 18.4. The molecule has 0 bridgehead atoms. The number of aromatic nitrogens is 3. The molecular weight excluding hydrogens is 418 g/mol. The van der Waals surface area contributed by atoms with Crippen molar-refractivity contribution in [2.75, 3.05) is 58.5 Å². The van der Waals surface area contributed by atoms with E-state index in [1.54, 1.807) is 25.3 Å². The van der Waals surface area contributed by atoms with Crippen molar-refractivity contribution >= 4 is 32.6 Å². The van der Waals surface area contributed by atoms with Crippen molar-refractivity contribution in [2.45, 2.75) is 6.42 Å². The van der Waals surface area contributed by atoms with Crippen LogP contribution in [0.1, 0.15) is 16.9 Å². The molecule has 0 spiro atoms. The van der Waals surface area contributed by atoms with Gasteiger partial charge in [0.25, 0.3) is 5.91 Å². The Bertz CT molecular complexity index is 982. The predicted molar refractivity (Wildman–Crippen MR) is 118 cm³/mol. The van der Waals surface area contributed by atoms with Gasteiger partial charge in [0, 0.05) is 38.6 Å². The Balaban J connectivity index is 1.63. The molecule has 164 valence electrons. The summed E-state index contributed by atoms with van der Waals surface area (Å²) in [5.41, 5.74) is 0.957. The summed E-state index contributed by atoms with van der Waals surface area (Å²) in [7, 11) is 3.22. The van der Waals surface area contributed by atoms with Crippen LogP contribution in [-0.4, -0.2) is 79.4 Å². The Morgan fingerprint density at radius 3 is 2.68 bits per heavy atom. The fraction of sp³-hybridized carbons (Fsp3) is 0.429. The highest BCUT2D eigenvalue weighted by Crippen LogP contribution is 2.40. The van der Waals surface area contributed by atoms with Gasteiger partial charge in [0.15, 0.2) is 5.13 Å². The molecule has 0 unspecified atom stereocenters. The van der Waals surface area contributed by atoms with E-state index in [0.29, 0.717) is 28.7 Å². The van der Waals surface area contributed by atoms with E-state index in [4.69, 9.17) is 19.2 Å². The standard InChI is InChI=1S/C21H25N5O4S/c1-28-16-4-5-17(29-2)19-18(16)24-21(31-19)26(20(27)15-14-22-6-7-23-15)9-3-8-25-10-12-30-13-11-25/h4-7,14H,3,8-13H2,1-2H3. The number of amides is 1. The number of rotatable bonds is 8. The van der Waals surface area contributed by atoms with Crippen LogP contribution in [0.2, 0.25) is 0 Å². The fourth-order valence-electron chi connectivity index (χ4n) is 3.50. The van der Waals surface area contributed by atoms with Crippen LogP contribution >= 0.6 is 11.3 Å². The summed E-state index contributed by atoms with van der Waals surface area (Å²) in [5, 5.41) is 0.579. The van der Waals surface area contributed by atoms with Crippen molar-refractivity contribution in [2.24, 2.45) is 0 Å². The van der Waals surface area contributed by atoms with Gasteiger partial charge in [0.1, 0.15) is 27.4 Å². The summed E-state index contributed by atoms with van der Waals surface area (Å²) in [6.07, 6.45) is 5.35. The van der Waals surface area contributed by atoms with Crippen molar-refractivity contribution in [1.82, 2.24) is 19.9 Å².